The van der Waals surface area contributed by atoms with Gasteiger partial charge in [0, 0.05) is 23.5 Å². The van der Waals surface area contributed by atoms with Crippen LogP contribution in [0.15, 0.2) is 17.5 Å². The van der Waals surface area contributed by atoms with Gasteiger partial charge in [-0.25, -0.2) is 0 Å². The number of hydrogen-bond acceptors (Lipinski definition) is 3. The van der Waals surface area contributed by atoms with Crippen LogP contribution in [0.25, 0.3) is 0 Å². The van der Waals surface area contributed by atoms with E-state index in [0.717, 1.165) is 24.9 Å². The molecule has 2 rings (SSSR count). The molecule has 19 heavy (non-hydrogen) atoms. The number of hydrogen-bond donors (Lipinski definition) is 1. The molecule has 3 heteroatoms. The van der Waals surface area contributed by atoms with Crippen molar-refractivity contribution in [2.45, 2.75) is 51.6 Å². The third-order valence-corrected chi connectivity index (χ3v) is 5.83. The van der Waals surface area contributed by atoms with Crippen molar-refractivity contribution >= 4 is 11.3 Å². The van der Waals surface area contributed by atoms with Crippen molar-refractivity contribution in [1.29, 1.82) is 0 Å². The van der Waals surface area contributed by atoms with E-state index in [-0.39, 0.29) is 5.54 Å². The molecule has 1 saturated carbocycles. The van der Waals surface area contributed by atoms with Crippen LogP contribution < -0.4 is 5.73 Å². The fourth-order valence-electron chi connectivity index (χ4n) is 3.45. The van der Waals surface area contributed by atoms with E-state index >= 15 is 0 Å². The van der Waals surface area contributed by atoms with E-state index in [1.807, 2.05) is 11.3 Å². The van der Waals surface area contributed by atoms with Crippen molar-refractivity contribution in [3.05, 3.63) is 22.4 Å². The van der Waals surface area contributed by atoms with Gasteiger partial charge in [0.05, 0.1) is 0 Å². The minimum absolute atomic E-state index is 0.219. The molecule has 1 aromatic rings. The van der Waals surface area contributed by atoms with Gasteiger partial charge in [0.25, 0.3) is 0 Å². The van der Waals surface area contributed by atoms with Gasteiger partial charge >= 0.3 is 0 Å². The van der Waals surface area contributed by atoms with Gasteiger partial charge in [-0.05, 0) is 43.2 Å². The van der Waals surface area contributed by atoms with Gasteiger partial charge in [0.1, 0.15) is 0 Å². The molecule has 0 aromatic carbocycles. The van der Waals surface area contributed by atoms with Crippen LogP contribution in [0.4, 0.5) is 0 Å². The molecule has 1 aliphatic carbocycles. The Labute approximate surface area is 122 Å². The molecule has 2 atom stereocenters. The molecule has 0 aliphatic heterocycles. The summed E-state index contributed by atoms with van der Waals surface area (Å²) in [5, 5.41) is 2.16. The zero-order valence-corrected chi connectivity index (χ0v) is 13.4. The highest BCUT2D eigenvalue weighted by molar-refractivity contribution is 7.09. The lowest BCUT2D eigenvalue weighted by atomic mass is 9.71. The monoisotopic (exact) mass is 280 g/mol. The Balaban J connectivity index is 2.07. The summed E-state index contributed by atoms with van der Waals surface area (Å²) in [7, 11) is 2.26. The maximum absolute atomic E-state index is 6.19. The molecule has 2 N–H and O–H groups in total. The van der Waals surface area contributed by atoms with E-state index in [1.165, 1.54) is 30.6 Å². The van der Waals surface area contributed by atoms with E-state index in [9.17, 15) is 0 Å². The summed E-state index contributed by atoms with van der Waals surface area (Å²) >= 11 is 1.85. The van der Waals surface area contributed by atoms with Gasteiger partial charge in [-0.15, -0.1) is 11.3 Å². The molecule has 0 radical (unpaired) electrons. The summed E-state index contributed by atoms with van der Waals surface area (Å²) in [6, 6.07) is 4.37. The van der Waals surface area contributed by atoms with Crippen molar-refractivity contribution in [2.24, 2.45) is 17.6 Å². The van der Waals surface area contributed by atoms with Gasteiger partial charge in [-0.3, -0.25) is 4.90 Å². The summed E-state index contributed by atoms with van der Waals surface area (Å²) in [6.45, 7) is 6.55. The highest BCUT2D eigenvalue weighted by Crippen LogP contribution is 2.39. The zero-order chi connectivity index (χ0) is 13.9. The average molecular weight is 280 g/mol. The molecule has 1 heterocycles. The van der Waals surface area contributed by atoms with Crippen LogP contribution in [0.3, 0.4) is 0 Å². The molecule has 0 saturated heterocycles. The second-order valence-corrected chi connectivity index (χ2v) is 7.50. The van der Waals surface area contributed by atoms with Crippen molar-refractivity contribution in [3.63, 3.8) is 0 Å². The second kappa shape index (κ2) is 6.38. The predicted molar refractivity (Wildman–Crippen MR) is 84.4 cm³/mol. The molecule has 108 valence electrons. The first-order chi connectivity index (χ1) is 9.07. The van der Waals surface area contributed by atoms with Gasteiger partial charge in [0.2, 0.25) is 0 Å². The summed E-state index contributed by atoms with van der Waals surface area (Å²) in [5.41, 5.74) is 6.41. The molecule has 0 spiro atoms. The number of rotatable bonds is 5. The third-order valence-electron chi connectivity index (χ3n) is 4.96. The molecule has 1 aromatic heterocycles. The topological polar surface area (TPSA) is 29.3 Å². The van der Waals surface area contributed by atoms with Crippen LogP contribution >= 0.6 is 11.3 Å². The summed E-state index contributed by atoms with van der Waals surface area (Å²) < 4.78 is 0. The van der Waals surface area contributed by atoms with Gasteiger partial charge < -0.3 is 5.73 Å². The number of likely N-dealkylation sites (N-methyl/N-ethyl adjacent to an activating group) is 1. The quantitative estimate of drug-likeness (QED) is 0.890. The van der Waals surface area contributed by atoms with Crippen molar-refractivity contribution in [1.82, 2.24) is 4.90 Å². The van der Waals surface area contributed by atoms with E-state index in [4.69, 9.17) is 5.73 Å². The first kappa shape index (κ1) is 15.0. The minimum Gasteiger partial charge on any atom is -0.329 e. The average Bonchev–Trinajstić information content (AvgIpc) is 2.91. The standard InChI is InChI=1S/C16H28N2S/c1-13(2)14-6-4-8-16(10-14,12-17)18(3)11-15-7-5-9-19-15/h5,7,9,13-14H,4,6,8,10-12,17H2,1-3H3. The largest absolute Gasteiger partial charge is 0.329 e. The first-order valence-electron chi connectivity index (χ1n) is 7.51. The second-order valence-electron chi connectivity index (χ2n) is 6.46. The zero-order valence-electron chi connectivity index (χ0n) is 12.6. The predicted octanol–water partition coefficient (Wildman–Crippen LogP) is 3.72. The molecular formula is C16H28N2S. The van der Waals surface area contributed by atoms with Gasteiger partial charge in [0.15, 0.2) is 0 Å². The summed E-state index contributed by atoms with van der Waals surface area (Å²) in [6.07, 6.45) is 5.23. The lowest BCUT2D eigenvalue weighted by molar-refractivity contribution is 0.0403. The fourth-order valence-corrected chi connectivity index (χ4v) is 4.20. The molecule has 2 unspecified atom stereocenters. The van der Waals surface area contributed by atoms with Crippen molar-refractivity contribution < 1.29 is 0 Å². The Hall–Kier alpha value is -0.380. The van der Waals surface area contributed by atoms with E-state index in [0.29, 0.717) is 0 Å². The lowest BCUT2D eigenvalue weighted by Gasteiger charge is -2.47. The minimum atomic E-state index is 0.219. The Kier molecular flexibility index (Phi) is 5.04. The molecule has 1 aliphatic rings. The normalized spacial score (nSPS) is 28.2. The van der Waals surface area contributed by atoms with E-state index in [1.54, 1.807) is 0 Å². The summed E-state index contributed by atoms with van der Waals surface area (Å²) in [4.78, 5) is 3.97. The smallest absolute Gasteiger partial charge is 0.0335 e. The molecule has 0 bridgehead atoms. The Morgan fingerprint density at radius 2 is 2.32 bits per heavy atom. The van der Waals surface area contributed by atoms with Crippen LogP contribution in [0, 0.1) is 11.8 Å². The Bertz CT molecular complexity index is 374. The van der Waals surface area contributed by atoms with Crippen LogP contribution in [-0.4, -0.2) is 24.0 Å². The van der Waals surface area contributed by atoms with Crippen LogP contribution in [0.2, 0.25) is 0 Å². The fraction of sp³-hybridized carbons (Fsp3) is 0.750. The number of nitrogens with two attached hydrogens (primary N) is 1. The number of thiophene rings is 1. The number of nitrogens with zero attached hydrogens (tertiary/aromatic N) is 1. The highest BCUT2D eigenvalue weighted by Gasteiger charge is 2.39. The maximum atomic E-state index is 6.19. The first-order valence-corrected chi connectivity index (χ1v) is 8.39. The molecular weight excluding hydrogens is 252 g/mol. The SMILES string of the molecule is CC(C)C1CCCC(CN)(N(C)Cc2cccs2)C1. The van der Waals surface area contributed by atoms with Crippen LogP contribution in [0.5, 0.6) is 0 Å². The van der Waals surface area contributed by atoms with Crippen molar-refractivity contribution in [2.75, 3.05) is 13.6 Å². The summed E-state index contributed by atoms with van der Waals surface area (Å²) in [5.74, 6) is 1.62. The van der Waals surface area contributed by atoms with Crippen LogP contribution in [-0.2, 0) is 6.54 Å². The lowest BCUT2D eigenvalue weighted by Crippen LogP contribution is -2.54. The van der Waals surface area contributed by atoms with Crippen LogP contribution in [0.1, 0.15) is 44.4 Å². The van der Waals surface area contributed by atoms with Gasteiger partial charge in [-0.2, -0.15) is 0 Å². The highest BCUT2D eigenvalue weighted by atomic mass is 32.1. The molecule has 0 amide bonds. The van der Waals surface area contributed by atoms with Gasteiger partial charge in [-0.1, -0.05) is 32.8 Å². The molecule has 1 fully saturated rings. The van der Waals surface area contributed by atoms with E-state index < -0.39 is 0 Å². The maximum Gasteiger partial charge on any atom is 0.0335 e. The Morgan fingerprint density at radius 1 is 1.53 bits per heavy atom. The third kappa shape index (κ3) is 3.39. The Morgan fingerprint density at radius 3 is 2.89 bits per heavy atom. The van der Waals surface area contributed by atoms with E-state index in [2.05, 4.69) is 43.3 Å². The van der Waals surface area contributed by atoms with Crippen molar-refractivity contribution in [3.8, 4) is 0 Å². The molecule has 2 nitrogen and oxygen atoms in total.